The van der Waals surface area contributed by atoms with E-state index in [1.165, 1.54) is 0 Å². The minimum Gasteiger partial charge on any atom is -0.481 e. The fourth-order valence-electron chi connectivity index (χ4n) is 5.77. The van der Waals surface area contributed by atoms with Crippen LogP contribution in [0.5, 0.6) is 5.88 Å². The Morgan fingerprint density at radius 2 is 1.63 bits per heavy atom. The average Bonchev–Trinajstić information content (AvgIpc) is 3.06. The van der Waals surface area contributed by atoms with Crippen LogP contribution in [0.1, 0.15) is 34.5 Å². The summed E-state index contributed by atoms with van der Waals surface area (Å²) in [5, 5.41) is 2.93. The molecule has 0 bridgehead atoms. The summed E-state index contributed by atoms with van der Waals surface area (Å²) in [6.45, 7) is 6.07. The molecular weight excluding hydrogens is 578 g/mol. The molecule has 1 fully saturated rings. The predicted molar refractivity (Wildman–Crippen MR) is 181 cm³/mol. The first-order valence-corrected chi connectivity index (χ1v) is 15.4. The highest BCUT2D eigenvalue weighted by Gasteiger charge is 2.20. The van der Waals surface area contributed by atoms with Crippen molar-refractivity contribution in [3.8, 4) is 39.3 Å². The number of aromatic nitrogens is 3. The maximum absolute atomic E-state index is 13.7. The number of anilines is 2. The van der Waals surface area contributed by atoms with E-state index in [1.54, 1.807) is 31.6 Å². The summed E-state index contributed by atoms with van der Waals surface area (Å²) >= 11 is 0. The van der Waals surface area contributed by atoms with Gasteiger partial charge in [-0.3, -0.25) is 9.59 Å². The molecule has 234 valence electrons. The molecule has 6 rings (SSSR count). The van der Waals surface area contributed by atoms with Crippen molar-refractivity contribution < 1.29 is 14.3 Å². The minimum absolute atomic E-state index is 0.0958. The summed E-state index contributed by atoms with van der Waals surface area (Å²) in [6, 6.07) is 20.9. The number of methoxy groups -OCH3 is 1. The van der Waals surface area contributed by atoms with E-state index in [4.69, 9.17) is 15.2 Å². The van der Waals surface area contributed by atoms with Gasteiger partial charge in [0.25, 0.3) is 5.91 Å². The van der Waals surface area contributed by atoms with Gasteiger partial charge >= 0.3 is 0 Å². The maximum Gasteiger partial charge on any atom is 0.261 e. The van der Waals surface area contributed by atoms with Crippen LogP contribution in [-0.2, 0) is 11.3 Å². The second-order valence-electron chi connectivity index (χ2n) is 11.8. The van der Waals surface area contributed by atoms with Crippen molar-refractivity contribution in [2.24, 2.45) is 5.92 Å². The Bertz CT molecular complexity index is 1930. The van der Waals surface area contributed by atoms with Crippen molar-refractivity contribution in [1.82, 2.24) is 14.5 Å². The number of carbonyl (C=O) groups is 1. The standard InChI is InChI=1S/C37H37N5O4/c1-23-4-6-27(7-5-23)32-21-42(20-25-12-14-46-15-13-25)22-33(35(32)43)37(44)41-30-10-8-26(9-11-30)31-17-29(19-39-36(31)38)28-16-24(2)40-34(18-28)45-3/h4-11,16-19,21-22,25H,12-15,20H2,1-3H3,(H2,38,39)(H,41,44). The van der Waals surface area contributed by atoms with Gasteiger partial charge in [0.2, 0.25) is 11.3 Å². The molecule has 0 aliphatic carbocycles. The molecule has 9 nitrogen and oxygen atoms in total. The third-order valence-corrected chi connectivity index (χ3v) is 8.34. The number of aryl methyl sites for hydroxylation is 2. The number of carbonyl (C=O) groups excluding carboxylic acids is 1. The second kappa shape index (κ2) is 13.4. The van der Waals surface area contributed by atoms with Crippen LogP contribution in [0.15, 0.2) is 90.1 Å². The molecule has 3 N–H and O–H groups in total. The zero-order valence-electron chi connectivity index (χ0n) is 26.2. The van der Waals surface area contributed by atoms with Crippen LogP contribution in [0.4, 0.5) is 11.5 Å². The van der Waals surface area contributed by atoms with Gasteiger partial charge in [0, 0.05) is 72.5 Å². The van der Waals surface area contributed by atoms with Crippen LogP contribution in [0.25, 0.3) is 33.4 Å². The third-order valence-electron chi connectivity index (χ3n) is 8.34. The van der Waals surface area contributed by atoms with Gasteiger partial charge in [-0.15, -0.1) is 0 Å². The fraction of sp³-hybridized carbons (Fsp3) is 0.243. The molecule has 9 heteroatoms. The van der Waals surface area contributed by atoms with E-state index >= 15 is 0 Å². The zero-order valence-corrected chi connectivity index (χ0v) is 26.2. The summed E-state index contributed by atoms with van der Waals surface area (Å²) in [6.07, 6.45) is 7.15. The van der Waals surface area contributed by atoms with E-state index < -0.39 is 5.91 Å². The van der Waals surface area contributed by atoms with E-state index in [2.05, 4.69) is 15.3 Å². The van der Waals surface area contributed by atoms with Gasteiger partial charge in [-0.05, 0) is 73.6 Å². The Kier molecular flexibility index (Phi) is 8.94. The Hall–Kier alpha value is -5.28. The first-order chi connectivity index (χ1) is 22.3. The van der Waals surface area contributed by atoms with E-state index in [1.807, 2.05) is 79.2 Å². The fourth-order valence-corrected chi connectivity index (χ4v) is 5.77. The number of ether oxygens (including phenoxy) is 2. The highest BCUT2D eigenvalue weighted by atomic mass is 16.5. The second-order valence-corrected chi connectivity index (χ2v) is 11.8. The summed E-state index contributed by atoms with van der Waals surface area (Å²) in [5.74, 6) is 0.859. The predicted octanol–water partition coefficient (Wildman–Crippen LogP) is 6.53. The molecule has 0 saturated carbocycles. The third kappa shape index (κ3) is 6.84. The normalized spacial score (nSPS) is 13.4. The first kappa shape index (κ1) is 30.7. The van der Waals surface area contributed by atoms with Crippen molar-refractivity contribution in [2.75, 3.05) is 31.4 Å². The number of benzene rings is 2. The summed E-state index contributed by atoms with van der Waals surface area (Å²) in [7, 11) is 1.59. The molecule has 1 aliphatic heterocycles. The van der Waals surface area contributed by atoms with Gasteiger partial charge in [-0.2, -0.15) is 0 Å². The Morgan fingerprint density at radius 3 is 2.35 bits per heavy atom. The number of amides is 1. The first-order valence-electron chi connectivity index (χ1n) is 15.4. The minimum atomic E-state index is -0.461. The molecule has 1 amide bonds. The molecule has 1 aliphatic rings. The maximum atomic E-state index is 13.7. The van der Waals surface area contributed by atoms with E-state index in [9.17, 15) is 9.59 Å². The number of nitrogen functional groups attached to an aromatic ring is 1. The molecule has 0 atom stereocenters. The lowest BCUT2D eigenvalue weighted by molar-refractivity contribution is 0.0612. The number of hydrogen-bond donors (Lipinski definition) is 2. The van der Waals surface area contributed by atoms with E-state index in [0.717, 1.165) is 65.1 Å². The largest absolute Gasteiger partial charge is 0.481 e. The van der Waals surface area contributed by atoms with E-state index in [0.29, 0.717) is 35.4 Å². The molecule has 1 saturated heterocycles. The molecule has 0 radical (unpaired) electrons. The highest BCUT2D eigenvalue weighted by molar-refractivity contribution is 6.04. The monoisotopic (exact) mass is 615 g/mol. The van der Waals surface area contributed by atoms with E-state index in [-0.39, 0.29) is 11.0 Å². The van der Waals surface area contributed by atoms with Gasteiger partial charge in [0.1, 0.15) is 11.4 Å². The SMILES string of the molecule is COc1cc(-c2cnc(N)c(-c3ccc(NC(=O)c4cn(CC5CCOCC5)cc(-c5ccc(C)cc5)c4=O)cc3)c2)cc(C)n1. The van der Waals surface area contributed by atoms with Crippen molar-refractivity contribution in [3.05, 3.63) is 112 Å². The number of nitrogens with zero attached hydrogens (tertiary/aromatic N) is 3. The van der Waals surface area contributed by atoms with Crippen LogP contribution in [-0.4, -0.2) is 40.8 Å². The van der Waals surface area contributed by atoms with Crippen LogP contribution >= 0.6 is 0 Å². The van der Waals surface area contributed by atoms with Crippen molar-refractivity contribution >= 4 is 17.4 Å². The Morgan fingerprint density at radius 1 is 0.935 bits per heavy atom. The molecule has 3 aromatic heterocycles. The van der Waals surface area contributed by atoms with Crippen molar-refractivity contribution in [3.63, 3.8) is 0 Å². The van der Waals surface area contributed by atoms with Crippen molar-refractivity contribution in [1.29, 1.82) is 0 Å². The van der Waals surface area contributed by atoms with Gasteiger partial charge in [0.15, 0.2) is 0 Å². The van der Waals surface area contributed by atoms with Crippen LogP contribution < -0.4 is 21.2 Å². The Balaban J connectivity index is 1.27. The van der Waals surface area contributed by atoms with Gasteiger partial charge in [-0.1, -0.05) is 42.0 Å². The highest BCUT2D eigenvalue weighted by Crippen LogP contribution is 2.32. The van der Waals surface area contributed by atoms with Gasteiger partial charge in [0.05, 0.1) is 7.11 Å². The summed E-state index contributed by atoms with van der Waals surface area (Å²) < 4.78 is 12.8. The molecule has 0 spiro atoms. The number of nitrogens with one attached hydrogen (secondary N) is 1. The lowest BCUT2D eigenvalue weighted by Crippen LogP contribution is -2.26. The quantitative estimate of drug-likeness (QED) is 0.204. The van der Waals surface area contributed by atoms with Gasteiger partial charge < -0.3 is 25.1 Å². The molecule has 46 heavy (non-hydrogen) atoms. The average molecular weight is 616 g/mol. The number of hydrogen-bond acceptors (Lipinski definition) is 7. The topological polar surface area (TPSA) is 121 Å². The number of pyridine rings is 3. The summed E-state index contributed by atoms with van der Waals surface area (Å²) in [5.41, 5.74) is 13.2. The van der Waals surface area contributed by atoms with Crippen molar-refractivity contribution in [2.45, 2.75) is 33.2 Å². The smallest absolute Gasteiger partial charge is 0.261 e. The lowest BCUT2D eigenvalue weighted by Gasteiger charge is -2.23. The number of nitrogens with two attached hydrogens (primary N) is 1. The van der Waals surface area contributed by atoms with Crippen LogP contribution in [0.3, 0.4) is 0 Å². The van der Waals surface area contributed by atoms with Crippen LogP contribution in [0.2, 0.25) is 0 Å². The number of rotatable bonds is 8. The summed E-state index contributed by atoms with van der Waals surface area (Å²) in [4.78, 5) is 36.1. The lowest BCUT2D eigenvalue weighted by atomic mass is 9.99. The molecule has 2 aromatic carbocycles. The molecule has 5 aromatic rings. The van der Waals surface area contributed by atoms with Crippen LogP contribution in [0, 0.1) is 19.8 Å². The molecule has 0 unspecified atom stereocenters. The zero-order chi connectivity index (χ0) is 32.2. The Labute approximate surface area is 268 Å². The molecule has 4 heterocycles. The molecular formula is C37H37N5O4. The van der Waals surface area contributed by atoms with Gasteiger partial charge in [-0.25, -0.2) is 9.97 Å².